The fraction of sp³-hybridized carbons (Fsp3) is 0.444. The zero-order valence-electron chi connectivity index (χ0n) is 8.69. The number of nitrogens with two attached hydrogens (primary N) is 1. The Labute approximate surface area is 87.9 Å². The standard InChI is InChI=1S/C9H13N5O/c1-4-9(2,3)12-7(15)5-14-6-11-8(10)13-14/h1,6H,5H2,2-3H3,(H2,10,13)(H,12,15). The van der Waals surface area contributed by atoms with Crippen LogP contribution in [-0.2, 0) is 11.3 Å². The summed E-state index contributed by atoms with van der Waals surface area (Å²) in [5, 5.41) is 6.44. The summed E-state index contributed by atoms with van der Waals surface area (Å²) in [5.41, 5.74) is 4.64. The number of hydrogen-bond donors (Lipinski definition) is 2. The molecule has 0 spiro atoms. The predicted octanol–water partition coefficient (Wildman–Crippen LogP) is -0.612. The number of amides is 1. The third kappa shape index (κ3) is 3.31. The minimum Gasteiger partial charge on any atom is -0.367 e. The van der Waals surface area contributed by atoms with Crippen molar-refractivity contribution < 1.29 is 4.79 Å². The third-order valence-electron chi connectivity index (χ3n) is 1.67. The smallest absolute Gasteiger partial charge is 0.242 e. The van der Waals surface area contributed by atoms with Gasteiger partial charge in [0, 0.05) is 0 Å². The van der Waals surface area contributed by atoms with Gasteiger partial charge in [0.1, 0.15) is 12.9 Å². The SMILES string of the molecule is C#CC(C)(C)NC(=O)Cn1cnc(N)n1. The first-order valence-electron chi connectivity index (χ1n) is 4.36. The van der Waals surface area contributed by atoms with E-state index < -0.39 is 5.54 Å². The van der Waals surface area contributed by atoms with Crippen LogP contribution in [-0.4, -0.2) is 26.2 Å². The van der Waals surface area contributed by atoms with Crippen molar-refractivity contribution in [1.29, 1.82) is 0 Å². The quantitative estimate of drug-likeness (QED) is 0.647. The molecule has 1 aromatic rings. The first-order valence-corrected chi connectivity index (χ1v) is 4.36. The summed E-state index contributed by atoms with van der Waals surface area (Å²) in [5.74, 6) is 2.37. The molecule has 3 N–H and O–H groups in total. The zero-order valence-corrected chi connectivity index (χ0v) is 8.69. The maximum Gasteiger partial charge on any atom is 0.242 e. The molecule has 1 heterocycles. The van der Waals surface area contributed by atoms with Crippen LogP contribution in [0.5, 0.6) is 0 Å². The van der Waals surface area contributed by atoms with Gasteiger partial charge in [0.25, 0.3) is 0 Å². The van der Waals surface area contributed by atoms with E-state index in [1.165, 1.54) is 11.0 Å². The van der Waals surface area contributed by atoms with E-state index in [0.29, 0.717) is 0 Å². The zero-order chi connectivity index (χ0) is 11.5. The maximum absolute atomic E-state index is 11.5. The van der Waals surface area contributed by atoms with Crippen LogP contribution in [0.25, 0.3) is 0 Å². The van der Waals surface area contributed by atoms with Crippen LogP contribution in [0.4, 0.5) is 5.95 Å². The lowest BCUT2D eigenvalue weighted by Gasteiger charge is -2.19. The molecule has 1 rings (SSSR count). The first kappa shape index (κ1) is 11.0. The van der Waals surface area contributed by atoms with Crippen LogP contribution >= 0.6 is 0 Å². The molecule has 6 heteroatoms. The molecule has 0 fully saturated rings. The highest BCUT2D eigenvalue weighted by molar-refractivity contribution is 5.76. The van der Waals surface area contributed by atoms with Crippen molar-refractivity contribution in [1.82, 2.24) is 20.1 Å². The second-order valence-corrected chi connectivity index (χ2v) is 3.62. The van der Waals surface area contributed by atoms with Crippen LogP contribution in [0.1, 0.15) is 13.8 Å². The lowest BCUT2D eigenvalue weighted by molar-refractivity contribution is -0.122. The molecule has 0 aliphatic rings. The van der Waals surface area contributed by atoms with Gasteiger partial charge in [-0.2, -0.15) is 0 Å². The lowest BCUT2D eigenvalue weighted by atomic mass is 10.1. The number of nitrogen functional groups attached to an aromatic ring is 1. The van der Waals surface area contributed by atoms with E-state index in [9.17, 15) is 4.79 Å². The Morgan fingerprint density at radius 1 is 1.80 bits per heavy atom. The van der Waals surface area contributed by atoms with Gasteiger partial charge in [-0.1, -0.05) is 5.92 Å². The normalized spacial score (nSPS) is 10.7. The van der Waals surface area contributed by atoms with Crippen LogP contribution in [0, 0.1) is 12.3 Å². The van der Waals surface area contributed by atoms with E-state index in [0.717, 1.165) is 0 Å². The minimum atomic E-state index is -0.663. The number of nitrogens with zero attached hydrogens (tertiary/aromatic N) is 3. The van der Waals surface area contributed by atoms with Crippen LogP contribution in [0.3, 0.4) is 0 Å². The number of carbonyl (C=O) groups excluding carboxylic acids is 1. The van der Waals surface area contributed by atoms with E-state index in [2.05, 4.69) is 21.3 Å². The van der Waals surface area contributed by atoms with E-state index in [4.69, 9.17) is 12.2 Å². The molecule has 0 aromatic carbocycles. The van der Waals surface area contributed by atoms with E-state index in [1.807, 2.05) is 0 Å². The van der Waals surface area contributed by atoms with Gasteiger partial charge in [0.2, 0.25) is 11.9 Å². The molecule has 0 atom stereocenters. The molecular formula is C9H13N5O. The van der Waals surface area contributed by atoms with Gasteiger partial charge in [-0.05, 0) is 13.8 Å². The van der Waals surface area contributed by atoms with Crippen LogP contribution in [0.2, 0.25) is 0 Å². The Hall–Kier alpha value is -2.03. The highest BCUT2D eigenvalue weighted by atomic mass is 16.2. The van der Waals surface area contributed by atoms with Gasteiger partial charge >= 0.3 is 0 Å². The van der Waals surface area contributed by atoms with E-state index in [1.54, 1.807) is 13.8 Å². The Morgan fingerprint density at radius 2 is 2.47 bits per heavy atom. The average molecular weight is 207 g/mol. The molecule has 0 unspecified atom stereocenters. The molecule has 80 valence electrons. The first-order chi connectivity index (χ1) is 6.93. The Bertz CT molecular complexity index is 401. The van der Waals surface area contributed by atoms with Crippen molar-refractivity contribution in [2.75, 3.05) is 5.73 Å². The number of terminal acetylenes is 1. The number of hydrogen-bond acceptors (Lipinski definition) is 4. The fourth-order valence-electron chi connectivity index (χ4n) is 0.957. The highest BCUT2D eigenvalue weighted by Gasteiger charge is 2.17. The fourth-order valence-corrected chi connectivity index (χ4v) is 0.957. The third-order valence-corrected chi connectivity index (χ3v) is 1.67. The van der Waals surface area contributed by atoms with E-state index >= 15 is 0 Å². The summed E-state index contributed by atoms with van der Waals surface area (Å²) in [7, 11) is 0. The van der Waals surface area contributed by atoms with Crippen LogP contribution in [0.15, 0.2) is 6.33 Å². The molecule has 0 bridgehead atoms. The van der Waals surface area contributed by atoms with Crippen molar-refractivity contribution in [3.8, 4) is 12.3 Å². The number of rotatable bonds is 3. The summed E-state index contributed by atoms with van der Waals surface area (Å²) in [6.45, 7) is 3.52. The number of carbonyl (C=O) groups is 1. The van der Waals surface area contributed by atoms with Gasteiger partial charge in [0.05, 0.1) is 5.54 Å². The number of nitrogens with one attached hydrogen (secondary N) is 1. The molecular weight excluding hydrogens is 194 g/mol. The predicted molar refractivity (Wildman–Crippen MR) is 55.5 cm³/mol. The molecule has 1 aromatic heterocycles. The summed E-state index contributed by atoms with van der Waals surface area (Å²) in [6, 6.07) is 0. The molecule has 0 aliphatic heterocycles. The van der Waals surface area contributed by atoms with Gasteiger partial charge < -0.3 is 11.1 Å². The molecule has 15 heavy (non-hydrogen) atoms. The molecule has 0 saturated carbocycles. The van der Waals surface area contributed by atoms with Gasteiger partial charge in [0.15, 0.2) is 0 Å². The average Bonchev–Trinajstić information content (AvgIpc) is 2.50. The Balaban J connectivity index is 2.55. The minimum absolute atomic E-state index is 0.0509. The Morgan fingerprint density at radius 3 is 2.93 bits per heavy atom. The topological polar surface area (TPSA) is 85.8 Å². The molecule has 0 radical (unpaired) electrons. The van der Waals surface area contributed by atoms with Crippen molar-refractivity contribution in [2.45, 2.75) is 25.9 Å². The molecule has 1 amide bonds. The van der Waals surface area contributed by atoms with Crippen LogP contribution < -0.4 is 11.1 Å². The Kier molecular flexibility index (Phi) is 2.95. The number of aromatic nitrogens is 3. The van der Waals surface area contributed by atoms with Crippen molar-refractivity contribution in [3.05, 3.63) is 6.33 Å². The van der Waals surface area contributed by atoms with Crippen molar-refractivity contribution in [3.63, 3.8) is 0 Å². The molecule has 0 aliphatic carbocycles. The second kappa shape index (κ2) is 4.00. The molecule has 0 saturated heterocycles. The summed E-state index contributed by atoms with van der Waals surface area (Å²) < 4.78 is 1.34. The second-order valence-electron chi connectivity index (χ2n) is 3.62. The number of anilines is 1. The van der Waals surface area contributed by atoms with Gasteiger partial charge in [-0.25, -0.2) is 9.67 Å². The van der Waals surface area contributed by atoms with Gasteiger partial charge in [-0.3, -0.25) is 4.79 Å². The molecule has 6 nitrogen and oxygen atoms in total. The van der Waals surface area contributed by atoms with Crippen molar-refractivity contribution in [2.24, 2.45) is 0 Å². The summed E-state index contributed by atoms with van der Waals surface area (Å²) in [4.78, 5) is 15.2. The monoisotopic (exact) mass is 207 g/mol. The maximum atomic E-state index is 11.5. The van der Waals surface area contributed by atoms with Gasteiger partial charge in [-0.15, -0.1) is 11.5 Å². The summed E-state index contributed by atoms with van der Waals surface area (Å²) in [6.07, 6.45) is 6.62. The lowest BCUT2D eigenvalue weighted by Crippen LogP contribution is -2.43. The largest absolute Gasteiger partial charge is 0.367 e. The summed E-state index contributed by atoms with van der Waals surface area (Å²) >= 11 is 0. The highest BCUT2D eigenvalue weighted by Crippen LogP contribution is 1.99. The van der Waals surface area contributed by atoms with E-state index in [-0.39, 0.29) is 18.4 Å². The van der Waals surface area contributed by atoms with Crippen molar-refractivity contribution >= 4 is 11.9 Å².